The molecule has 1 saturated carbocycles. The summed E-state index contributed by atoms with van der Waals surface area (Å²) in [5, 5.41) is 16.0. The highest BCUT2D eigenvalue weighted by atomic mass is 35.5. The van der Waals surface area contributed by atoms with Crippen molar-refractivity contribution in [1.82, 2.24) is 14.8 Å². The summed E-state index contributed by atoms with van der Waals surface area (Å²) in [4.78, 5) is 4.03. The lowest BCUT2D eigenvalue weighted by Gasteiger charge is -2.45. The highest BCUT2D eigenvalue weighted by molar-refractivity contribution is 6.21. The minimum Gasteiger partial charge on any atom is -0.387 e. The van der Waals surface area contributed by atoms with Crippen LogP contribution in [0.5, 0.6) is 0 Å². The molecule has 152 valence electrons. The monoisotopic (exact) mass is 413 g/mol. The molecular formula is C23H25ClFN3O. The predicted molar refractivity (Wildman–Crippen MR) is 111 cm³/mol. The molecule has 4 unspecified atom stereocenters. The second kappa shape index (κ2) is 7.88. The molecule has 0 saturated heterocycles. The van der Waals surface area contributed by atoms with Gasteiger partial charge in [0.2, 0.25) is 0 Å². The maximum atomic E-state index is 13.3. The van der Waals surface area contributed by atoms with E-state index in [0.717, 1.165) is 24.0 Å². The van der Waals surface area contributed by atoms with E-state index < -0.39 is 11.0 Å². The SMILES string of the molecule is CC1(C(Cl)c2ccccc2)CCC(Cc2ccc(F)cc2)C1(O)Cn1cncn1. The van der Waals surface area contributed by atoms with Crippen molar-refractivity contribution in [3.8, 4) is 0 Å². The van der Waals surface area contributed by atoms with Crippen LogP contribution in [0.3, 0.4) is 0 Å². The van der Waals surface area contributed by atoms with Gasteiger partial charge >= 0.3 is 0 Å². The first-order valence-electron chi connectivity index (χ1n) is 9.91. The van der Waals surface area contributed by atoms with Crippen LogP contribution < -0.4 is 0 Å². The first-order valence-corrected chi connectivity index (χ1v) is 10.3. The van der Waals surface area contributed by atoms with Gasteiger partial charge in [0.05, 0.1) is 17.5 Å². The number of alkyl halides is 1. The van der Waals surface area contributed by atoms with Crippen molar-refractivity contribution in [2.24, 2.45) is 11.3 Å². The van der Waals surface area contributed by atoms with Gasteiger partial charge in [-0.1, -0.05) is 49.4 Å². The molecule has 2 aromatic carbocycles. The van der Waals surface area contributed by atoms with E-state index >= 15 is 0 Å². The number of rotatable bonds is 6. The third kappa shape index (κ3) is 3.69. The molecule has 3 aromatic rings. The molecule has 1 aliphatic carbocycles. The van der Waals surface area contributed by atoms with Gasteiger partial charge in [0.1, 0.15) is 18.5 Å². The molecule has 0 amide bonds. The van der Waals surface area contributed by atoms with Crippen LogP contribution in [0.15, 0.2) is 67.3 Å². The summed E-state index contributed by atoms with van der Waals surface area (Å²) in [6.45, 7) is 2.38. The van der Waals surface area contributed by atoms with Crippen LogP contribution in [0.25, 0.3) is 0 Å². The third-order valence-electron chi connectivity index (χ3n) is 6.59. The Morgan fingerprint density at radius 3 is 2.59 bits per heavy atom. The van der Waals surface area contributed by atoms with E-state index in [1.54, 1.807) is 23.1 Å². The van der Waals surface area contributed by atoms with Gasteiger partial charge < -0.3 is 5.11 Å². The maximum absolute atomic E-state index is 13.3. The highest BCUT2D eigenvalue weighted by Gasteiger charge is 2.60. The van der Waals surface area contributed by atoms with E-state index in [-0.39, 0.29) is 17.1 Å². The van der Waals surface area contributed by atoms with Crippen LogP contribution >= 0.6 is 11.6 Å². The zero-order valence-electron chi connectivity index (χ0n) is 16.4. The first kappa shape index (κ1) is 20.0. The zero-order valence-corrected chi connectivity index (χ0v) is 17.1. The van der Waals surface area contributed by atoms with Gasteiger partial charge in [0.25, 0.3) is 0 Å². The summed E-state index contributed by atoms with van der Waals surface area (Å²) in [5.41, 5.74) is 0.337. The van der Waals surface area contributed by atoms with Gasteiger partial charge in [-0.2, -0.15) is 5.10 Å². The van der Waals surface area contributed by atoms with E-state index in [1.165, 1.54) is 18.5 Å². The second-order valence-corrected chi connectivity index (χ2v) is 8.71. The number of aliphatic hydroxyl groups is 1. The quantitative estimate of drug-likeness (QED) is 0.591. The Morgan fingerprint density at radius 1 is 1.21 bits per heavy atom. The average Bonchev–Trinajstić information content (AvgIpc) is 3.32. The molecule has 1 aromatic heterocycles. The maximum Gasteiger partial charge on any atom is 0.137 e. The lowest BCUT2D eigenvalue weighted by atomic mass is 9.68. The molecule has 0 bridgehead atoms. The molecule has 1 fully saturated rings. The fourth-order valence-electron chi connectivity index (χ4n) is 4.78. The summed E-state index contributed by atoms with van der Waals surface area (Å²) in [6.07, 6.45) is 5.36. The summed E-state index contributed by atoms with van der Waals surface area (Å²) >= 11 is 7.01. The number of hydrogen-bond acceptors (Lipinski definition) is 3. The number of aromatic nitrogens is 3. The number of hydrogen-bond donors (Lipinski definition) is 1. The Bertz CT molecular complexity index is 935. The van der Waals surface area contributed by atoms with Crippen LogP contribution in [-0.4, -0.2) is 25.5 Å². The Kier molecular flexibility index (Phi) is 5.45. The van der Waals surface area contributed by atoms with Gasteiger partial charge in [-0.05, 0) is 48.4 Å². The molecule has 4 rings (SSSR count). The molecule has 6 heteroatoms. The van der Waals surface area contributed by atoms with E-state index in [1.807, 2.05) is 30.3 Å². The second-order valence-electron chi connectivity index (χ2n) is 8.27. The molecule has 1 N–H and O–H groups in total. The standard InChI is InChI=1S/C23H25ClFN3O/c1-22(21(24)18-5-3-2-4-6-18)12-11-19(13-17-7-9-20(25)10-8-17)23(22,29)14-28-16-26-15-27-28/h2-10,15-16,19,21,29H,11-14H2,1H3. The Labute approximate surface area is 175 Å². The molecule has 4 atom stereocenters. The topological polar surface area (TPSA) is 50.9 Å². The summed E-state index contributed by atoms with van der Waals surface area (Å²) in [6, 6.07) is 16.4. The van der Waals surface area contributed by atoms with Crippen LogP contribution in [0.2, 0.25) is 0 Å². The molecule has 0 aliphatic heterocycles. The highest BCUT2D eigenvalue weighted by Crippen LogP contribution is 2.59. The Hall–Kier alpha value is -2.24. The van der Waals surface area contributed by atoms with Crippen molar-refractivity contribution in [2.45, 2.75) is 43.7 Å². The first-order chi connectivity index (χ1) is 13.9. The minimum absolute atomic E-state index is 0.0351. The van der Waals surface area contributed by atoms with Crippen molar-refractivity contribution >= 4 is 11.6 Å². The van der Waals surface area contributed by atoms with Crippen molar-refractivity contribution in [3.05, 3.63) is 84.2 Å². The Balaban J connectivity index is 1.69. The number of halogens is 2. The van der Waals surface area contributed by atoms with E-state index in [0.29, 0.717) is 13.0 Å². The van der Waals surface area contributed by atoms with Gasteiger partial charge in [0.15, 0.2) is 0 Å². The summed E-state index contributed by atoms with van der Waals surface area (Å²) in [7, 11) is 0. The number of nitrogens with zero attached hydrogens (tertiary/aromatic N) is 3. The molecular weight excluding hydrogens is 389 g/mol. The van der Waals surface area contributed by atoms with E-state index in [4.69, 9.17) is 11.6 Å². The van der Waals surface area contributed by atoms with Gasteiger partial charge in [0, 0.05) is 5.41 Å². The van der Waals surface area contributed by atoms with Gasteiger partial charge in [-0.3, -0.25) is 4.68 Å². The normalized spacial score (nSPS) is 27.8. The van der Waals surface area contributed by atoms with Crippen LogP contribution in [0.4, 0.5) is 4.39 Å². The lowest BCUT2D eigenvalue weighted by Crippen LogP contribution is -2.52. The Morgan fingerprint density at radius 2 is 1.93 bits per heavy atom. The lowest BCUT2D eigenvalue weighted by molar-refractivity contribution is -0.100. The average molecular weight is 414 g/mol. The van der Waals surface area contributed by atoms with E-state index in [2.05, 4.69) is 17.0 Å². The molecule has 0 spiro atoms. The van der Waals surface area contributed by atoms with Gasteiger partial charge in [-0.15, -0.1) is 11.6 Å². The van der Waals surface area contributed by atoms with E-state index in [9.17, 15) is 9.50 Å². The fraction of sp³-hybridized carbons (Fsp3) is 0.391. The van der Waals surface area contributed by atoms with Crippen molar-refractivity contribution < 1.29 is 9.50 Å². The fourth-order valence-corrected chi connectivity index (χ4v) is 5.22. The molecule has 1 heterocycles. The summed E-state index contributed by atoms with van der Waals surface area (Å²) < 4.78 is 15.0. The van der Waals surface area contributed by atoms with Crippen LogP contribution in [0, 0.1) is 17.2 Å². The minimum atomic E-state index is -1.10. The summed E-state index contributed by atoms with van der Waals surface area (Å²) in [5.74, 6) is -0.292. The number of benzene rings is 2. The third-order valence-corrected chi connectivity index (χ3v) is 7.33. The van der Waals surface area contributed by atoms with Crippen molar-refractivity contribution in [2.75, 3.05) is 0 Å². The zero-order chi connectivity index (χ0) is 20.5. The van der Waals surface area contributed by atoms with Crippen LogP contribution in [-0.2, 0) is 13.0 Å². The molecule has 0 radical (unpaired) electrons. The van der Waals surface area contributed by atoms with Crippen molar-refractivity contribution in [1.29, 1.82) is 0 Å². The van der Waals surface area contributed by atoms with Crippen molar-refractivity contribution in [3.63, 3.8) is 0 Å². The van der Waals surface area contributed by atoms with Gasteiger partial charge in [-0.25, -0.2) is 9.37 Å². The molecule has 1 aliphatic rings. The predicted octanol–water partition coefficient (Wildman–Crippen LogP) is 4.79. The largest absolute Gasteiger partial charge is 0.387 e. The smallest absolute Gasteiger partial charge is 0.137 e. The molecule has 4 nitrogen and oxygen atoms in total. The molecule has 29 heavy (non-hydrogen) atoms. The van der Waals surface area contributed by atoms with Crippen LogP contribution in [0.1, 0.15) is 36.3 Å².